The van der Waals surface area contributed by atoms with E-state index >= 15 is 0 Å². The number of carbonyl (C=O) groups excluding carboxylic acids is 1. The number of aromatic carboxylic acids is 1. The van der Waals surface area contributed by atoms with E-state index in [1.54, 1.807) is 0 Å². The second-order valence-electron chi connectivity index (χ2n) is 4.46. The molecule has 0 fully saturated rings. The molecular formula is C13H18N2O3. The molecule has 5 nitrogen and oxygen atoms in total. The van der Waals surface area contributed by atoms with Crippen LogP contribution in [-0.2, 0) is 0 Å². The van der Waals surface area contributed by atoms with Crippen LogP contribution < -0.4 is 5.32 Å². The molecule has 0 aromatic carbocycles. The zero-order valence-electron chi connectivity index (χ0n) is 10.9. The van der Waals surface area contributed by atoms with Gasteiger partial charge >= 0.3 is 5.97 Å². The third-order valence-electron chi connectivity index (χ3n) is 3.22. The molecule has 0 atom stereocenters. The van der Waals surface area contributed by atoms with Gasteiger partial charge in [0.1, 0.15) is 5.69 Å². The van der Waals surface area contributed by atoms with Crippen molar-refractivity contribution >= 4 is 11.9 Å². The molecule has 0 radical (unpaired) electrons. The lowest BCUT2D eigenvalue weighted by Gasteiger charge is -2.28. The highest BCUT2D eigenvalue weighted by molar-refractivity contribution is 5.95. The van der Waals surface area contributed by atoms with Crippen molar-refractivity contribution in [1.29, 1.82) is 0 Å². The summed E-state index contributed by atoms with van der Waals surface area (Å²) >= 11 is 0. The number of nitrogens with zero attached hydrogens (tertiary/aromatic N) is 1. The van der Waals surface area contributed by atoms with Gasteiger partial charge in [-0.1, -0.05) is 13.8 Å². The minimum atomic E-state index is -1.10. The molecule has 0 bridgehead atoms. The number of carboxylic acids is 1. The smallest absolute Gasteiger partial charge is 0.354 e. The van der Waals surface area contributed by atoms with Crippen molar-refractivity contribution in [3.05, 3.63) is 29.6 Å². The summed E-state index contributed by atoms with van der Waals surface area (Å²) in [5.41, 5.74) is 0.0520. The van der Waals surface area contributed by atoms with Crippen molar-refractivity contribution in [2.24, 2.45) is 0 Å². The van der Waals surface area contributed by atoms with E-state index in [0.717, 1.165) is 12.8 Å². The number of carbonyl (C=O) groups is 2. The number of aromatic nitrogens is 1. The van der Waals surface area contributed by atoms with Crippen molar-refractivity contribution in [2.45, 2.75) is 39.2 Å². The maximum Gasteiger partial charge on any atom is 0.354 e. The molecule has 0 aliphatic carbocycles. The maximum absolute atomic E-state index is 12.0. The predicted molar refractivity (Wildman–Crippen MR) is 67.6 cm³/mol. The van der Waals surface area contributed by atoms with Crippen LogP contribution in [0.5, 0.6) is 0 Å². The molecule has 0 saturated carbocycles. The lowest BCUT2D eigenvalue weighted by molar-refractivity contribution is 0.0689. The monoisotopic (exact) mass is 250 g/mol. The molecule has 0 aliphatic heterocycles. The summed E-state index contributed by atoms with van der Waals surface area (Å²) in [6.45, 7) is 6.00. The zero-order chi connectivity index (χ0) is 13.8. The Labute approximate surface area is 106 Å². The van der Waals surface area contributed by atoms with Gasteiger partial charge in [-0.05, 0) is 31.9 Å². The predicted octanol–water partition coefficient (Wildman–Crippen LogP) is 2.09. The fourth-order valence-corrected chi connectivity index (χ4v) is 1.43. The summed E-state index contributed by atoms with van der Waals surface area (Å²) in [7, 11) is 0. The van der Waals surface area contributed by atoms with Crippen LogP contribution in [0.15, 0.2) is 18.3 Å². The molecule has 1 aromatic heterocycles. The number of amides is 1. The third kappa shape index (κ3) is 3.29. The molecular weight excluding hydrogens is 232 g/mol. The topological polar surface area (TPSA) is 79.3 Å². The van der Waals surface area contributed by atoms with E-state index in [2.05, 4.69) is 10.3 Å². The molecule has 1 heterocycles. The van der Waals surface area contributed by atoms with Crippen molar-refractivity contribution in [3.8, 4) is 0 Å². The van der Waals surface area contributed by atoms with E-state index in [-0.39, 0.29) is 17.1 Å². The highest BCUT2D eigenvalue weighted by atomic mass is 16.4. The molecule has 1 rings (SSSR count). The average molecular weight is 250 g/mol. The van der Waals surface area contributed by atoms with Crippen molar-refractivity contribution in [2.75, 3.05) is 0 Å². The second-order valence-corrected chi connectivity index (χ2v) is 4.46. The van der Waals surface area contributed by atoms with Gasteiger partial charge in [0, 0.05) is 11.7 Å². The van der Waals surface area contributed by atoms with Gasteiger partial charge in [0.25, 0.3) is 5.91 Å². The quantitative estimate of drug-likeness (QED) is 0.838. The summed E-state index contributed by atoms with van der Waals surface area (Å²) in [4.78, 5) is 26.3. The third-order valence-corrected chi connectivity index (χ3v) is 3.22. The standard InChI is InChI=1S/C13H18N2O3/c1-4-13(3,5-2)15-11(16)9-6-7-10(12(17)18)14-8-9/h6-8H,4-5H2,1-3H3,(H,15,16)(H,17,18). The van der Waals surface area contributed by atoms with Crippen molar-refractivity contribution < 1.29 is 14.7 Å². The molecule has 2 N–H and O–H groups in total. The first kappa shape index (κ1) is 14.2. The normalized spacial score (nSPS) is 11.1. The first-order chi connectivity index (χ1) is 8.41. The van der Waals surface area contributed by atoms with E-state index in [9.17, 15) is 9.59 Å². The fraction of sp³-hybridized carbons (Fsp3) is 0.462. The Morgan fingerprint density at radius 3 is 2.33 bits per heavy atom. The van der Waals surface area contributed by atoms with Crippen molar-refractivity contribution in [1.82, 2.24) is 10.3 Å². The van der Waals surface area contributed by atoms with E-state index < -0.39 is 5.97 Å². The molecule has 98 valence electrons. The Morgan fingerprint density at radius 1 is 1.33 bits per heavy atom. The van der Waals surface area contributed by atoms with Crippen LogP contribution in [0.4, 0.5) is 0 Å². The highest BCUT2D eigenvalue weighted by Gasteiger charge is 2.22. The Bertz CT molecular complexity index is 436. The number of hydrogen-bond donors (Lipinski definition) is 2. The van der Waals surface area contributed by atoms with Crippen LogP contribution in [0, 0.1) is 0 Å². The lowest BCUT2D eigenvalue weighted by atomic mass is 9.95. The molecule has 0 saturated heterocycles. The van der Waals surface area contributed by atoms with E-state index in [4.69, 9.17) is 5.11 Å². The molecule has 0 aliphatic rings. The van der Waals surface area contributed by atoms with Crippen LogP contribution >= 0.6 is 0 Å². The van der Waals surface area contributed by atoms with Gasteiger partial charge in [0.2, 0.25) is 0 Å². The van der Waals surface area contributed by atoms with Crippen LogP contribution in [-0.4, -0.2) is 27.5 Å². The fourth-order valence-electron chi connectivity index (χ4n) is 1.43. The van der Waals surface area contributed by atoms with Crippen LogP contribution in [0.3, 0.4) is 0 Å². The largest absolute Gasteiger partial charge is 0.477 e. The second kappa shape index (κ2) is 5.62. The zero-order valence-corrected chi connectivity index (χ0v) is 10.9. The SMILES string of the molecule is CCC(C)(CC)NC(=O)c1ccc(C(=O)O)nc1. The Balaban J connectivity index is 2.82. The summed E-state index contributed by atoms with van der Waals surface area (Å²) in [5.74, 6) is -1.33. The highest BCUT2D eigenvalue weighted by Crippen LogP contribution is 2.14. The van der Waals surface area contributed by atoms with Crippen LogP contribution in [0.1, 0.15) is 54.5 Å². The summed E-state index contributed by atoms with van der Waals surface area (Å²) < 4.78 is 0. The molecule has 0 spiro atoms. The molecule has 1 aromatic rings. The number of hydrogen-bond acceptors (Lipinski definition) is 3. The van der Waals surface area contributed by atoms with Gasteiger partial charge in [-0.2, -0.15) is 0 Å². The number of nitrogens with one attached hydrogen (secondary N) is 1. The average Bonchev–Trinajstić information content (AvgIpc) is 2.38. The molecule has 0 unspecified atom stereocenters. The Hall–Kier alpha value is -1.91. The molecule has 5 heteroatoms. The van der Waals surface area contributed by atoms with E-state index in [1.165, 1.54) is 18.3 Å². The summed E-state index contributed by atoms with van der Waals surface area (Å²) in [5, 5.41) is 11.6. The first-order valence-electron chi connectivity index (χ1n) is 5.93. The van der Waals surface area contributed by atoms with Gasteiger partial charge in [-0.15, -0.1) is 0 Å². The minimum Gasteiger partial charge on any atom is -0.477 e. The van der Waals surface area contributed by atoms with Gasteiger partial charge in [0.15, 0.2) is 0 Å². The number of carboxylic acid groups (broad SMARTS) is 1. The van der Waals surface area contributed by atoms with Gasteiger partial charge in [0.05, 0.1) is 5.56 Å². The minimum absolute atomic E-state index is 0.0692. The van der Waals surface area contributed by atoms with Gasteiger partial charge in [-0.25, -0.2) is 9.78 Å². The Morgan fingerprint density at radius 2 is 1.94 bits per heavy atom. The van der Waals surface area contributed by atoms with E-state index in [0.29, 0.717) is 5.56 Å². The maximum atomic E-state index is 12.0. The van der Waals surface area contributed by atoms with Gasteiger partial charge in [-0.3, -0.25) is 4.79 Å². The number of rotatable bonds is 5. The first-order valence-corrected chi connectivity index (χ1v) is 5.93. The van der Waals surface area contributed by atoms with Crippen LogP contribution in [0.25, 0.3) is 0 Å². The van der Waals surface area contributed by atoms with Crippen LogP contribution in [0.2, 0.25) is 0 Å². The van der Waals surface area contributed by atoms with Gasteiger partial charge < -0.3 is 10.4 Å². The molecule has 18 heavy (non-hydrogen) atoms. The van der Waals surface area contributed by atoms with E-state index in [1.807, 2.05) is 20.8 Å². The summed E-state index contributed by atoms with van der Waals surface area (Å²) in [6, 6.07) is 2.80. The summed E-state index contributed by atoms with van der Waals surface area (Å²) in [6.07, 6.45) is 2.94. The van der Waals surface area contributed by atoms with Crippen molar-refractivity contribution in [3.63, 3.8) is 0 Å². The lowest BCUT2D eigenvalue weighted by Crippen LogP contribution is -2.45. The molecule has 1 amide bonds. The Kier molecular flexibility index (Phi) is 4.42. The number of pyridine rings is 1.